The minimum Gasteiger partial charge on any atom is -0.331 e. The fraction of sp³-hybridized carbons (Fsp3) is 0.333. The van der Waals surface area contributed by atoms with Crippen LogP contribution in [0.25, 0.3) is 5.65 Å². The zero-order chi connectivity index (χ0) is 17.9. The summed E-state index contributed by atoms with van der Waals surface area (Å²) in [5.74, 6) is 0. The molecule has 0 radical (unpaired) electrons. The van der Waals surface area contributed by atoms with E-state index >= 15 is 0 Å². The van der Waals surface area contributed by atoms with Gasteiger partial charge in [0.25, 0.3) is 0 Å². The molecule has 25 heavy (non-hydrogen) atoms. The van der Waals surface area contributed by atoms with Gasteiger partial charge in [-0.25, -0.2) is 4.79 Å². The van der Waals surface area contributed by atoms with Crippen molar-refractivity contribution in [1.82, 2.24) is 24.9 Å². The number of aromatic nitrogens is 4. The monoisotopic (exact) mass is 338 g/mol. The highest BCUT2D eigenvalue weighted by molar-refractivity contribution is 5.93. The van der Waals surface area contributed by atoms with E-state index in [2.05, 4.69) is 46.6 Å². The lowest BCUT2D eigenvalue weighted by Crippen LogP contribution is -2.34. The standard InChI is InChI=1S/C18H22N6O/c1-18(2,3)10-15(13-6-4-8-19-11-13)22-17(25)21-14-7-5-9-24-12-20-23-16(14)24/h4-9,11-12,15H,10H2,1-3H3,(H2,21,22,25)/t15-/m0/s1. The first kappa shape index (κ1) is 16.9. The van der Waals surface area contributed by atoms with Crippen molar-refractivity contribution in [3.05, 3.63) is 54.7 Å². The van der Waals surface area contributed by atoms with Crippen LogP contribution in [-0.2, 0) is 0 Å². The number of nitrogens with one attached hydrogen (secondary N) is 2. The summed E-state index contributed by atoms with van der Waals surface area (Å²) in [6.07, 6.45) is 7.73. The number of nitrogens with zero attached hydrogens (tertiary/aromatic N) is 4. The molecule has 2 N–H and O–H groups in total. The lowest BCUT2D eigenvalue weighted by atomic mass is 9.86. The van der Waals surface area contributed by atoms with Crippen LogP contribution in [0.4, 0.5) is 10.5 Å². The van der Waals surface area contributed by atoms with Crippen molar-refractivity contribution in [3.8, 4) is 0 Å². The second-order valence-electron chi connectivity index (χ2n) is 7.19. The van der Waals surface area contributed by atoms with E-state index in [4.69, 9.17) is 0 Å². The van der Waals surface area contributed by atoms with Crippen molar-refractivity contribution in [1.29, 1.82) is 0 Å². The Kier molecular flexibility index (Phi) is 4.65. The summed E-state index contributed by atoms with van der Waals surface area (Å²) in [6, 6.07) is 7.07. The van der Waals surface area contributed by atoms with Gasteiger partial charge in [0.2, 0.25) is 0 Å². The molecule has 0 saturated heterocycles. The number of hydrogen-bond acceptors (Lipinski definition) is 4. The molecule has 0 fully saturated rings. The zero-order valence-corrected chi connectivity index (χ0v) is 14.6. The molecule has 3 aromatic heterocycles. The van der Waals surface area contributed by atoms with E-state index in [9.17, 15) is 4.79 Å². The maximum absolute atomic E-state index is 12.5. The topological polar surface area (TPSA) is 84.2 Å². The fourth-order valence-corrected chi connectivity index (χ4v) is 2.71. The van der Waals surface area contributed by atoms with E-state index in [0.29, 0.717) is 11.3 Å². The van der Waals surface area contributed by atoms with Crippen molar-refractivity contribution in [2.45, 2.75) is 33.2 Å². The van der Waals surface area contributed by atoms with Gasteiger partial charge in [-0.05, 0) is 35.6 Å². The lowest BCUT2D eigenvalue weighted by Gasteiger charge is -2.27. The smallest absolute Gasteiger partial charge is 0.319 e. The molecule has 3 heterocycles. The van der Waals surface area contributed by atoms with E-state index in [1.165, 1.54) is 0 Å². The molecule has 0 bridgehead atoms. The number of amides is 2. The van der Waals surface area contributed by atoms with Crippen LogP contribution in [0.2, 0.25) is 0 Å². The maximum atomic E-state index is 12.5. The Bertz CT molecular complexity index is 853. The SMILES string of the molecule is CC(C)(C)C[C@H](NC(=O)Nc1cccn2cnnc12)c1cccnc1. The minimum atomic E-state index is -0.283. The third-order valence-corrected chi connectivity index (χ3v) is 3.78. The van der Waals surface area contributed by atoms with Crippen LogP contribution in [0.5, 0.6) is 0 Å². The van der Waals surface area contributed by atoms with Crippen LogP contribution < -0.4 is 10.6 Å². The summed E-state index contributed by atoms with van der Waals surface area (Å²) in [7, 11) is 0. The zero-order valence-electron chi connectivity index (χ0n) is 14.6. The van der Waals surface area contributed by atoms with Gasteiger partial charge in [0, 0.05) is 18.6 Å². The molecule has 7 nitrogen and oxygen atoms in total. The predicted molar refractivity (Wildman–Crippen MR) is 96.2 cm³/mol. The number of fused-ring (bicyclic) bond motifs is 1. The largest absolute Gasteiger partial charge is 0.331 e. The lowest BCUT2D eigenvalue weighted by molar-refractivity contribution is 0.241. The van der Waals surface area contributed by atoms with Crippen LogP contribution in [0, 0.1) is 5.41 Å². The van der Waals surface area contributed by atoms with Crippen molar-refractivity contribution >= 4 is 17.4 Å². The van der Waals surface area contributed by atoms with Gasteiger partial charge in [-0.15, -0.1) is 10.2 Å². The summed E-state index contributed by atoms with van der Waals surface area (Å²) in [5, 5.41) is 13.8. The third kappa shape index (κ3) is 4.32. The van der Waals surface area contributed by atoms with E-state index in [-0.39, 0.29) is 17.5 Å². The second kappa shape index (κ2) is 6.88. The van der Waals surface area contributed by atoms with Crippen LogP contribution in [0.15, 0.2) is 49.2 Å². The van der Waals surface area contributed by atoms with Gasteiger partial charge in [0.15, 0.2) is 5.65 Å². The molecule has 0 saturated carbocycles. The minimum absolute atomic E-state index is 0.0564. The Balaban J connectivity index is 1.77. The number of pyridine rings is 2. The van der Waals surface area contributed by atoms with Gasteiger partial charge in [0.05, 0.1) is 11.7 Å². The molecule has 0 aromatic carbocycles. The normalized spacial score (nSPS) is 12.8. The van der Waals surface area contributed by atoms with E-state index in [0.717, 1.165) is 12.0 Å². The number of hydrogen-bond donors (Lipinski definition) is 2. The summed E-state index contributed by atoms with van der Waals surface area (Å²) < 4.78 is 1.75. The number of carbonyl (C=O) groups excluding carboxylic acids is 1. The van der Waals surface area contributed by atoms with Crippen LogP contribution in [0.1, 0.15) is 38.8 Å². The molecule has 2 amide bonds. The van der Waals surface area contributed by atoms with Gasteiger partial charge in [0.1, 0.15) is 6.33 Å². The van der Waals surface area contributed by atoms with E-state index < -0.39 is 0 Å². The average Bonchev–Trinajstić information content (AvgIpc) is 3.03. The first-order valence-corrected chi connectivity index (χ1v) is 8.18. The second-order valence-corrected chi connectivity index (χ2v) is 7.19. The summed E-state index contributed by atoms with van der Waals surface area (Å²) in [5.41, 5.74) is 2.25. The van der Waals surface area contributed by atoms with Crippen molar-refractivity contribution in [3.63, 3.8) is 0 Å². The number of rotatable bonds is 4. The third-order valence-electron chi connectivity index (χ3n) is 3.78. The highest BCUT2D eigenvalue weighted by Gasteiger charge is 2.22. The summed E-state index contributed by atoms with van der Waals surface area (Å²) >= 11 is 0. The Morgan fingerprint density at radius 1 is 1.28 bits per heavy atom. The molecule has 130 valence electrons. The molecule has 0 aliphatic heterocycles. The predicted octanol–water partition coefficient (Wildman–Crippen LogP) is 3.42. The molecule has 0 spiro atoms. The Labute approximate surface area is 146 Å². The average molecular weight is 338 g/mol. The van der Waals surface area contributed by atoms with Gasteiger partial charge in [-0.1, -0.05) is 26.8 Å². The maximum Gasteiger partial charge on any atom is 0.319 e. The summed E-state index contributed by atoms with van der Waals surface area (Å²) in [6.45, 7) is 6.44. The number of urea groups is 1. The fourth-order valence-electron chi connectivity index (χ4n) is 2.71. The van der Waals surface area contributed by atoms with Gasteiger partial charge in [-0.3, -0.25) is 9.38 Å². The van der Waals surface area contributed by atoms with Gasteiger partial charge >= 0.3 is 6.03 Å². The highest BCUT2D eigenvalue weighted by atomic mass is 16.2. The molecule has 3 aromatic rings. The summed E-state index contributed by atoms with van der Waals surface area (Å²) in [4.78, 5) is 16.7. The van der Waals surface area contributed by atoms with Crippen molar-refractivity contribution in [2.75, 3.05) is 5.32 Å². The molecule has 1 atom stereocenters. The molecule has 0 unspecified atom stereocenters. The molecular formula is C18H22N6O. The Morgan fingerprint density at radius 3 is 2.84 bits per heavy atom. The quantitative estimate of drug-likeness (QED) is 0.763. The van der Waals surface area contributed by atoms with E-state index in [1.807, 2.05) is 24.4 Å². The van der Waals surface area contributed by atoms with Crippen molar-refractivity contribution < 1.29 is 4.79 Å². The van der Waals surface area contributed by atoms with Gasteiger partial charge < -0.3 is 10.6 Å². The highest BCUT2D eigenvalue weighted by Crippen LogP contribution is 2.29. The van der Waals surface area contributed by atoms with Crippen LogP contribution in [0.3, 0.4) is 0 Å². The molecule has 0 aliphatic carbocycles. The van der Waals surface area contributed by atoms with Crippen LogP contribution >= 0.6 is 0 Å². The first-order chi connectivity index (χ1) is 11.9. The first-order valence-electron chi connectivity index (χ1n) is 8.18. The Hall–Kier alpha value is -2.96. The van der Waals surface area contributed by atoms with Crippen LogP contribution in [-0.4, -0.2) is 25.6 Å². The number of anilines is 1. The molecular weight excluding hydrogens is 316 g/mol. The van der Waals surface area contributed by atoms with Gasteiger partial charge in [-0.2, -0.15) is 0 Å². The number of carbonyl (C=O) groups is 1. The molecule has 7 heteroatoms. The Morgan fingerprint density at radius 2 is 2.12 bits per heavy atom. The van der Waals surface area contributed by atoms with E-state index in [1.54, 1.807) is 29.2 Å². The van der Waals surface area contributed by atoms with Crippen molar-refractivity contribution in [2.24, 2.45) is 5.41 Å². The molecule has 3 rings (SSSR count). The molecule has 0 aliphatic rings.